The summed E-state index contributed by atoms with van der Waals surface area (Å²) in [4.78, 5) is 4.34. The van der Waals surface area contributed by atoms with Crippen molar-refractivity contribution in [2.24, 2.45) is 7.05 Å². The number of aryl methyl sites for hydroxylation is 1. The number of halogens is 1. The van der Waals surface area contributed by atoms with Gasteiger partial charge in [-0.2, -0.15) is 0 Å². The summed E-state index contributed by atoms with van der Waals surface area (Å²) in [6.07, 6.45) is 4.34. The van der Waals surface area contributed by atoms with Crippen LogP contribution in [0.2, 0.25) is 0 Å². The zero-order chi connectivity index (χ0) is 13.0. The van der Waals surface area contributed by atoms with Crippen molar-refractivity contribution in [3.63, 3.8) is 0 Å². The van der Waals surface area contributed by atoms with E-state index in [-0.39, 0.29) is 11.9 Å². The highest BCUT2D eigenvalue weighted by Gasteiger charge is 2.15. The van der Waals surface area contributed by atoms with E-state index >= 15 is 0 Å². The number of aromatic nitrogens is 2. The van der Waals surface area contributed by atoms with Crippen molar-refractivity contribution in [1.29, 1.82) is 0 Å². The van der Waals surface area contributed by atoms with Crippen molar-refractivity contribution in [2.75, 3.05) is 6.54 Å². The first-order chi connectivity index (χ1) is 8.70. The van der Waals surface area contributed by atoms with Crippen molar-refractivity contribution < 1.29 is 4.39 Å². The third kappa shape index (κ3) is 2.96. The van der Waals surface area contributed by atoms with Crippen LogP contribution in [-0.4, -0.2) is 16.1 Å². The molecule has 4 heteroatoms. The predicted molar refractivity (Wildman–Crippen MR) is 69.7 cm³/mol. The first-order valence-corrected chi connectivity index (χ1v) is 6.15. The van der Waals surface area contributed by atoms with Crippen molar-refractivity contribution in [2.45, 2.75) is 19.4 Å². The van der Waals surface area contributed by atoms with Gasteiger partial charge in [0.2, 0.25) is 0 Å². The Morgan fingerprint density at radius 3 is 2.78 bits per heavy atom. The van der Waals surface area contributed by atoms with E-state index in [1.54, 1.807) is 12.4 Å². The summed E-state index contributed by atoms with van der Waals surface area (Å²) in [6, 6.07) is 6.94. The molecular formula is C14H18FN3. The lowest BCUT2D eigenvalue weighted by Crippen LogP contribution is -2.23. The van der Waals surface area contributed by atoms with Crippen LogP contribution in [0.1, 0.15) is 24.2 Å². The molecule has 0 aliphatic carbocycles. The van der Waals surface area contributed by atoms with Gasteiger partial charge in [0.15, 0.2) is 0 Å². The van der Waals surface area contributed by atoms with Crippen LogP contribution >= 0.6 is 0 Å². The van der Waals surface area contributed by atoms with Gasteiger partial charge >= 0.3 is 0 Å². The summed E-state index contributed by atoms with van der Waals surface area (Å²) in [5.74, 6) is -0.156. The molecule has 0 spiro atoms. The SMILES string of the molecule is CCNC(Cc1ccccc1F)c1cn(C)cn1. The first-order valence-electron chi connectivity index (χ1n) is 6.15. The minimum atomic E-state index is -0.156. The van der Waals surface area contributed by atoms with Crippen LogP contribution in [0, 0.1) is 5.82 Å². The van der Waals surface area contributed by atoms with E-state index in [1.807, 2.05) is 36.9 Å². The standard InChI is InChI=1S/C14H18FN3/c1-3-16-13(14-9-18(2)10-17-14)8-11-6-4-5-7-12(11)15/h4-7,9-10,13,16H,3,8H2,1-2H3. The Kier molecular flexibility index (Phi) is 4.10. The lowest BCUT2D eigenvalue weighted by molar-refractivity contribution is 0.519. The highest BCUT2D eigenvalue weighted by molar-refractivity contribution is 5.20. The highest BCUT2D eigenvalue weighted by Crippen LogP contribution is 2.18. The number of imidazole rings is 1. The maximum Gasteiger partial charge on any atom is 0.126 e. The monoisotopic (exact) mass is 247 g/mol. The summed E-state index contributed by atoms with van der Waals surface area (Å²) in [6.45, 7) is 2.87. The van der Waals surface area contributed by atoms with Gasteiger partial charge in [0.05, 0.1) is 18.1 Å². The lowest BCUT2D eigenvalue weighted by atomic mass is 10.0. The van der Waals surface area contributed by atoms with Crippen LogP contribution in [-0.2, 0) is 13.5 Å². The van der Waals surface area contributed by atoms with Crippen LogP contribution in [0.5, 0.6) is 0 Å². The molecule has 0 aliphatic heterocycles. The van der Waals surface area contributed by atoms with Crippen molar-refractivity contribution in [3.05, 3.63) is 53.9 Å². The van der Waals surface area contributed by atoms with Gasteiger partial charge in [-0.1, -0.05) is 25.1 Å². The molecule has 1 unspecified atom stereocenters. The molecule has 18 heavy (non-hydrogen) atoms. The van der Waals surface area contributed by atoms with Crippen LogP contribution < -0.4 is 5.32 Å². The Morgan fingerprint density at radius 2 is 2.17 bits per heavy atom. The normalized spacial score (nSPS) is 12.6. The van der Waals surface area contributed by atoms with E-state index in [1.165, 1.54) is 6.07 Å². The largest absolute Gasteiger partial charge is 0.340 e. The smallest absolute Gasteiger partial charge is 0.126 e. The Hall–Kier alpha value is -1.68. The summed E-state index contributed by atoms with van der Waals surface area (Å²) in [7, 11) is 1.93. The van der Waals surface area contributed by atoms with E-state index in [0.29, 0.717) is 12.0 Å². The van der Waals surface area contributed by atoms with E-state index in [9.17, 15) is 4.39 Å². The number of rotatable bonds is 5. The molecule has 0 bridgehead atoms. The number of hydrogen-bond donors (Lipinski definition) is 1. The van der Waals surface area contributed by atoms with Gasteiger partial charge in [-0.3, -0.25) is 0 Å². The van der Waals surface area contributed by atoms with Crippen LogP contribution in [0.4, 0.5) is 4.39 Å². The van der Waals surface area contributed by atoms with Gasteiger partial charge in [-0.15, -0.1) is 0 Å². The molecule has 2 aromatic rings. The molecule has 0 fully saturated rings. The molecular weight excluding hydrogens is 229 g/mol. The summed E-state index contributed by atoms with van der Waals surface area (Å²) in [5, 5.41) is 3.35. The minimum Gasteiger partial charge on any atom is -0.340 e. The van der Waals surface area contributed by atoms with Crippen LogP contribution in [0.15, 0.2) is 36.8 Å². The number of likely N-dealkylation sites (N-methyl/N-ethyl adjacent to an activating group) is 1. The molecule has 0 radical (unpaired) electrons. The third-order valence-electron chi connectivity index (χ3n) is 2.91. The zero-order valence-electron chi connectivity index (χ0n) is 10.7. The van der Waals surface area contributed by atoms with Crippen LogP contribution in [0.3, 0.4) is 0 Å². The molecule has 3 nitrogen and oxygen atoms in total. The molecule has 0 aliphatic rings. The van der Waals surface area contributed by atoms with Gasteiger partial charge in [-0.25, -0.2) is 9.37 Å². The van der Waals surface area contributed by atoms with Gasteiger partial charge in [0, 0.05) is 13.2 Å². The number of benzene rings is 1. The Bertz CT molecular complexity index is 507. The maximum atomic E-state index is 13.7. The first kappa shape index (κ1) is 12.8. The van der Waals surface area contributed by atoms with E-state index in [4.69, 9.17) is 0 Å². The quantitative estimate of drug-likeness (QED) is 0.879. The minimum absolute atomic E-state index is 0.0492. The molecule has 96 valence electrons. The molecule has 0 saturated carbocycles. The maximum absolute atomic E-state index is 13.7. The Labute approximate surface area is 107 Å². The number of nitrogens with zero attached hydrogens (tertiary/aromatic N) is 2. The van der Waals surface area contributed by atoms with Crippen molar-refractivity contribution in [3.8, 4) is 0 Å². The van der Waals surface area contributed by atoms with Gasteiger partial charge < -0.3 is 9.88 Å². The molecule has 1 heterocycles. The lowest BCUT2D eigenvalue weighted by Gasteiger charge is -2.16. The Morgan fingerprint density at radius 1 is 1.39 bits per heavy atom. The van der Waals surface area contributed by atoms with E-state index < -0.39 is 0 Å². The molecule has 1 atom stereocenters. The van der Waals surface area contributed by atoms with Crippen molar-refractivity contribution in [1.82, 2.24) is 14.9 Å². The van der Waals surface area contributed by atoms with Crippen LogP contribution in [0.25, 0.3) is 0 Å². The van der Waals surface area contributed by atoms with Gasteiger partial charge in [0.1, 0.15) is 5.82 Å². The summed E-state index contributed by atoms with van der Waals surface area (Å²) < 4.78 is 15.6. The number of nitrogens with one attached hydrogen (secondary N) is 1. The average Bonchev–Trinajstić information content (AvgIpc) is 2.78. The molecule has 2 rings (SSSR count). The molecule has 1 aromatic carbocycles. The van der Waals surface area contributed by atoms with Gasteiger partial charge in [0.25, 0.3) is 0 Å². The van der Waals surface area contributed by atoms with Gasteiger partial charge in [-0.05, 0) is 24.6 Å². The predicted octanol–water partition coefficient (Wildman–Crippen LogP) is 2.45. The molecule has 1 N–H and O–H groups in total. The van der Waals surface area contributed by atoms with E-state index in [2.05, 4.69) is 10.3 Å². The van der Waals surface area contributed by atoms with E-state index in [0.717, 1.165) is 12.2 Å². The average molecular weight is 247 g/mol. The van der Waals surface area contributed by atoms with Crippen molar-refractivity contribution >= 4 is 0 Å². The Balaban J connectivity index is 2.19. The highest BCUT2D eigenvalue weighted by atomic mass is 19.1. The summed E-state index contributed by atoms with van der Waals surface area (Å²) in [5.41, 5.74) is 1.66. The third-order valence-corrected chi connectivity index (χ3v) is 2.91. The molecule has 0 saturated heterocycles. The number of hydrogen-bond acceptors (Lipinski definition) is 2. The molecule has 1 aromatic heterocycles. The fourth-order valence-electron chi connectivity index (χ4n) is 2.02. The molecule has 0 amide bonds. The zero-order valence-corrected chi connectivity index (χ0v) is 10.7. The second-order valence-corrected chi connectivity index (χ2v) is 4.37. The summed E-state index contributed by atoms with van der Waals surface area (Å²) >= 11 is 0. The second-order valence-electron chi connectivity index (χ2n) is 4.37. The fourth-order valence-corrected chi connectivity index (χ4v) is 2.02. The topological polar surface area (TPSA) is 29.9 Å². The second kappa shape index (κ2) is 5.78. The fraction of sp³-hybridized carbons (Fsp3) is 0.357.